The van der Waals surface area contributed by atoms with Gasteiger partial charge >= 0.3 is 0 Å². The first-order valence-corrected chi connectivity index (χ1v) is 6.04. The minimum atomic E-state index is 0.192. The molecular weight excluding hydrogens is 254 g/mol. The van der Waals surface area contributed by atoms with Crippen LogP contribution in [0.4, 0.5) is 0 Å². The molecule has 0 fully saturated rings. The number of fused-ring (bicyclic) bond motifs is 1. The summed E-state index contributed by atoms with van der Waals surface area (Å²) >= 11 is 3.51. The molecule has 82 valence electrons. The van der Waals surface area contributed by atoms with Gasteiger partial charge in [-0.05, 0) is 43.5 Å². The molecule has 15 heavy (non-hydrogen) atoms. The standard InChI is InChI=1S/C12H16BrNO/c1-7-3-11(13)5-9-4-10(8(2)14)6-15-12(7)9/h3,5,8,10H,4,6,14H2,1-2H3/t8-,10?/m1/s1. The molecule has 1 aliphatic heterocycles. The topological polar surface area (TPSA) is 35.2 Å². The summed E-state index contributed by atoms with van der Waals surface area (Å²) in [5.74, 6) is 1.49. The van der Waals surface area contributed by atoms with E-state index in [-0.39, 0.29) is 6.04 Å². The zero-order valence-corrected chi connectivity index (χ0v) is 10.7. The van der Waals surface area contributed by atoms with Crippen molar-refractivity contribution >= 4 is 15.9 Å². The molecule has 1 aliphatic rings. The molecule has 2 N–H and O–H groups in total. The molecule has 1 heterocycles. The lowest BCUT2D eigenvalue weighted by Crippen LogP contribution is -2.35. The molecule has 0 aromatic heterocycles. The van der Waals surface area contributed by atoms with E-state index in [1.54, 1.807) is 0 Å². The molecule has 0 aliphatic carbocycles. The van der Waals surface area contributed by atoms with Gasteiger partial charge in [0.2, 0.25) is 0 Å². The van der Waals surface area contributed by atoms with Crippen LogP contribution in [0.3, 0.4) is 0 Å². The SMILES string of the molecule is Cc1cc(Br)cc2c1OCC([C@@H](C)N)C2. The third-order valence-electron chi connectivity index (χ3n) is 2.98. The van der Waals surface area contributed by atoms with Crippen molar-refractivity contribution in [1.29, 1.82) is 0 Å². The highest BCUT2D eigenvalue weighted by Gasteiger charge is 2.24. The minimum absolute atomic E-state index is 0.192. The van der Waals surface area contributed by atoms with Crippen molar-refractivity contribution < 1.29 is 4.74 Å². The van der Waals surface area contributed by atoms with Crippen molar-refractivity contribution in [3.63, 3.8) is 0 Å². The highest BCUT2D eigenvalue weighted by Crippen LogP contribution is 2.34. The molecular formula is C12H16BrNO. The smallest absolute Gasteiger partial charge is 0.125 e. The number of aryl methyl sites for hydroxylation is 1. The predicted molar refractivity (Wildman–Crippen MR) is 65.2 cm³/mol. The van der Waals surface area contributed by atoms with Crippen LogP contribution in [-0.2, 0) is 6.42 Å². The average Bonchev–Trinajstić information content (AvgIpc) is 2.16. The van der Waals surface area contributed by atoms with E-state index in [4.69, 9.17) is 10.5 Å². The molecule has 0 saturated carbocycles. The quantitative estimate of drug-likeness (QED) is 0.851. The molecule has 1 unspecified atom stereocenters. The van der Waals surface area contributed by atoms with Crippen LogP contribution in [0.1, 0.15) is 18.1 Å². The fourth-order valence-corrected chi connectivity index (χ4v) is 2.65. The summed E-state index contributed by atoms with van der Waals surface area (Å²) < 4.78 is 6.90. The van der Waals surface area contributed by atoms with Crippen LogP contribution in [0.5, 0.6) is 5.75 Å². The number of hydrogen-bond donors (Lipinski definition) is 1. The van der Waals surface area contributed by atoms with Gasteiger partial charge in [-0.25, -0.2) is 0 Å². The second-order valence-corrected chi connectivity index (χ2v) is 5.26. The predicted octanol–water partition coefficient (Wildman–Crippen LogP) is 2.66. The molecule has 2 nitrogen and oxygen atoms in total. The number of rotatable bonds is 1. The summed E-state index contributed by atoms with van der Waals surface area (Å²) in [5, 5.41) is 0. The van der Waals surface area contributed by atoms with Crippen LogP contribution in [-0.4, -0.2) is 12.6 Å². The van der Waals surface area contributed by atoms with Gasteiger partial charge in [-0.1, -0.05) is 15.9 Å². The minimum Gasteiger partial charge on any atom is -0.493 e. The first-order valence-electron chi connectivity index (χ1n) is 5.25. The number of nitrogens with two attached hydrogens (primary N) is 1. The van der Waals surface area contributed by atoms with Gasteiger partial charge in [0.15, 0.2) is 0 Å². The van der Waals surface area contributed by atoms with Crippen molar-refractivity contribution in [2.75, 3.05) is 6.61 Å². The maximum atomic E-state index is 5.91. The number of halogens is 1. The third-order valence-corrected chi connectivity index (χ3v) is 3.44. The highest BCUT2D eigenvalue weighted by atomic mass is 79.9. The van der Waals surface area contributed by atoms with E-state index in [2.05, 4.69) is 35.0 Å². The lowest BCUT2D eigenvalue weighted by atomic mass is 9.91. The van der Waals surface area contributed by atoms with E-state index in [0.29, 0.717) is 5.92 Å². The Morgan fingerprint density at radius 1 is 1.53 bits per heavy atom. The largest absolute Gasteiger partial charge is 0.493 e. The van der Waals surface area contributed by atoms with Crippen LogP contribution in [0.15, 0.2) is 16.6 Å². The highest BCUT2D eigenvalue weighted by molar-refractivity contribution is 9.10. The van der Waals surface area contributed by atoms with E-state index in [1.807, 2.05) is 6.92 Å². The third kappa shape index (κ3) is 2.18. The first kappa shape index (κ1) is 11.0. The van der Waals surface area contributed by atoms with Gasteiger partial charge in [0, 0.05) is 16.4 Å². The fourth-order valence-electron chi connectivity index (χ4n) is 2.03. The van der Waals surface area contributed by atoms with Crippen molar-refractivity contribution in [3.8, 4) is 5.75 Å². The van der Waals surface area contributed by atoms with Crippen LogP contribution < -0.4 is 10.5 Å². The normalized spacial score (nSPS) is 21.7. The number of benzene rings is 1. The van der Waals surface area contributed by atoms with E-state index in [0.717, 1.165) is 23.2 Å². The van der Waals surface area contributed by atoms with Crippen LogP contribution >= 0.6 is 15.9 Å². The van der Waals surface area contributed by atoms with Crippen molar-refractivity contribution in [2.24, 2.45) is 11.7 Å². The molecule has 0 spiro atoms. The van der Waals surface area contributed by atoms with E-state index >= 15 is 0 Å². The Morgan fingerprint density at radius 2 is 2.27 bits per heavy atom. The van der Waals surface area contributed by atoms with Crippen LogP contribution in [0.2, 0.25) is 0 Å². The average molecular weight is 270 g/mol. The molecule has 3 heteroatoms. The summed E-state index contributed by atoms with van der Waals surface area (Å²) in [6, 6.07) is 4.42. The molecule has 2 rings (SSSR count). The molecule has 0 bridgehead atoms. The summed E-state index contributed by atoms with van der Waals surface area (Å²) in [7, 11) is 0. The second kappa shape index (κ2) is 4.14. The van der Waals surface area contributed by atoms with Crippen molar-refractivity contribution in [1.82, 2.24) is 0 Å². The Labute approximate surface area is 98.9 Å². The van der Waals surface area contributed by atoms with E-state index in [9.17, 15) is 0 Å². The maximum absolute atomic E-state index is 5.91. The van der Waals surface area contributed by atoms with E-state index < -0.39 is 0 Å². The monoisotopic (exact) mass is 269 g/mol. The first-order chi connectivity index (χ1) is 7.08. The van der Waals surface area contributed by atoms with Gasteiger partial charge in [-0.15, -0.1) is 0 Å². The molecule has 1 aromatic carbocycles. The number of ether oxygens (including phenoxy) is 1. The summed E-state index contributed by atoms with van der Waals surface area (Å²) in [6.07, 6.45) is 1.02. The Hall–Kier alpha value is -0.540. The summed E-state index contributed by atoms with van der Waals surface area (Å²) in [6.45, 7) is 4.87. The maximum Gasteiger partial charge on any atom is 0.125 e. The van der Waals surface area contributed by atoms with Crippen LogP contribution in [0, 0.1) is 12.8 Å². The fraction of sp³-hybridized carbons (Fsp3) is 0.500. The molecule has 0 saturated heterocycles. The van der Waals surface area contributed by atoms with Gasteiger partial charge in [0.05, 0.1) is 6.61 Å². The summed E-state index contributed by atoms with van der Waals surface area (Å²) in [4.78, 5) is 0. The van der Waals surface area contributed by atoms with Crippen molar-refractivity contribution in [2.45, 2.75) is 26.3 Å². The van der Waals surface area contributed by atoms with Gasteiger partial charge in [-0.3, -0.25) is 0 Å². The Morgan fingerprint density at radius 3 is 2.93 bits per heavy atom. The van der Waals surface area contributed by atoms with Gasteiger partial charge in [0.25, 0.3) is 0 Å². The summed E-state index contributed by atoms with van der Waals surface area (Å²) in [5.41, 5.74) is 8.38. The molecule has 1 aromatic rings. The Balaban J connectivity index is 2.33. The zero-order valence-electron chi connectivity index (χ0n) is 9.09. The van der Waals surface area contributed by atoms with Crippen LogP contribution in [0.25, 0.3) is 0 Å². The lowest BCUT2D eigenvalue weighted by Gasteiger charge is -2.29. The van der Waals surface area contributed by atoms with Gasteiger partial charge in [-0.2, -0.15) is 0 Å². The lowest BCUT2D eigenvalue weighted by molar-refractivity contribution is 0.203. The van der Waals surface area contributed by atoms with Gasteiger partial charge < -0.3 is 10.5 Å². The molecule has 2 atom stereocenters. The molecule has 0 amide bonds. The molecule has 0 radical (unpaired) electrons. The number of hydrogen-bond acceptors (Lipinski definition) is 2. The van der Waals surface area contributed by atoms with Crippen molar-refractivity contribution in [3.05, 3.63) is 27.7 Å². The Kier molecular flexibility index (Phi) is 3.03. The zero-order chi connectivity index (χ0) is 11.0. The van der Waals surface area contributed by atoms with Gasteiger partial charge in [0.1, 0.15) is 5.75 Å². The van der Waals surface area contributed by atoms with E-state index in [1.165, 1.54) is 11.1 Å². The second-order valence-electron chi connectivity index (χ2n) is 4.35. The Bertz CT molecular complexity index is 376.